The third-order valence-corrected chi connectivity index (χ3v) is 3.70. The predicted molar refractivity (Wildman–Crippen MR) is 58.9 cm³/mol. The highest BCUT2D eigenvalue weighted by molar-refractivity contribution is 4.92. The number of aliphatic hydroxyl groups is 1. The van der Waals surface area contributed by atoms with Gasteiger partial charge in [-0.3, -0.25) is 0 Å². The lowest BCUT2D eigenvalue weighted by Crippen LogP contribution is -2.50. The first-order chi connectivity index (χ1) is 7.21. The van der Waals surface area contributed by atoms with Gasteiger partial charge in [0.05, 0.1) is 6.10 Å². The van der Waals surface area contributed by atoms with Crippen LogP contribution in [-0.4, -0.2) is 49.1 Å². The van der Waals surface area contributed by atoms with E-state index in [0.29, 0.717) is 19.2 Å². The van der Waals surface area contributed by atoms with E-state index in [4.69, 9.17) is 4.74 Å². The van der Waals surface area contributed by atoms with E-state index in [1.807, 2.05) is 6.92 Å². The van der Waals surface area contributed by atoms with Crippen LogP contribution in [0.15, 0.2) is 0 Å². The molecule has 2 saturated heterocycles. The quantitative estimate of drug-likeness (QED) is 0.612. The van der Waals surface area contributed by atoms with Crippen LogP contribution >= 0.6 is 0 Å². The standard InChI is InChI=1S/C11H22N2O2/c1-9-11(14,4-7-15-9)8-13-10-2-5-12-6-3-10/h9-10,12-14H,2-8H2,1H3. The summed E-state index contributed by atoms with van der Waals surface area (Å²) in [5, 5.41) is 17.1. The lowest BCUT2D eigenvalue weighted by atomic mass is 9.95. The molecular formula is C11H22N2O2. The second-order valence-electron chi connectivity index (χ2n) is 4.77. The number of piperidine rings is 1. The van der Waals surface area contributed by atoms with E-state index in [0.717, 1.165) is 32.4 Å². The van der Waals surface area contributed by atoms with Crippen molar-refractivity contribution >= 4 is 0 Å². The van der Waals surface area contributed by atoms with E-state index in [1.54, 1.807) is 0 Å². The first kappa shape index (κ1) is 11.3. The zero-order valence-electron chi connectivity index (χ0n) is 9.46. The molecule has 0 aromatic carbocycles. The van der Waals surface area contributed by atoms with Crippen LogP contribution in [0.3, 0.4) is 0 Å². The Morgan fingerprint density at radius 2 is 2.20 bits per heavy atom. The molecule has 0 radical (unpaired) electrons. The van der Waals surface area contributed by atoms with Crippen molar-refractivity contribution in [3.05, 3.63) is 0 Å². The molecule has 2 aliphatic heterocycles. The number of rotatable bonds is 3. The van der Waals surface area contributed by atoms with Crippen LogP contribution in [0.1, 0.15) is 26.2 Å². The van der Waals surface area contributed by atoms with Gasteiger partial charge in [-0.15, -0.1) is 0 Å². The van der Waals surface area contributed by atoms with Crippen LogP contribution in [0.4, 0.5) is 0 Å². The van der Waals surface area contributed by atoms with Gasteiger partial charge in [0.2, 0.25) is 0 Å². The topological polar surface area (TPSA) is 53.5 Å². The molecule has 4 heteroatoms. The van der Waals surface area contributed by atoms with Crippen molar-refractivity contribution in [3.63, 3.8) is 0 Å². The molecule has 0 bridgehead atoms. The maximum atomic E-state index is 10.3. The SMILES string of the molecule is CC1OCCC1(O)CNC1CCNCC1. The number of nitrogens with one attached hydrogen (secondary N) is 2. The third kappa shape index (κ3) is 2.69. The number of hydrogen-bond donors (Lipinski definition) is 3. The summed E-state index contributed by atoms with van der Waals surface area (Å²) < 4.78 is 5.41. The zero-order chi connectivity index (χ0) is 10.7. The Hall–Kier alpha value is -0.160. The van der Waals surface area contributed by atoms with E-state index >= 15 is 0 Å². The fourth-order valence-electron chi connectivity index (χ4n) is 2.35. The summed E-state index contributed by atoms with van der Waals surface area (Å²) >= 11 is 0. The predicted octanol–water partition coefficient (Wildman–Crippen LogP) is -0.132. The Morgan fingerprint density at radius 3 is 2.80 bits per heavy atom. The Bertz CT molecular complexity index is 207. The largest absolute Gasteiger partial charge is 0.386 e. The zero-order valence-corrected chi connectivity index (χ0v) is 9.46. The van der Waals surface area contributed by atoms with Gasteiger partial charge in [0.1, 0.15) is 5.60 Å². The summed E-state index contributed by atoms with van der Waals surface area (Å²) in [6.07, 6.45) is 3.04. The molecular weight excluding hydrogens is 192 g/mol. The van der Waals surface area contributed by atoms with Crippen molar-refractivity contribution in [2.45, 2.75) is 43.9 Å². The van der Waals surface area contributed by atoms with E-state index in [9.17, 15) is 5.11 Å². The van der Waals surface area contributed by atoms with Crippen molar-refractivity contribution in [3.8, 4) is 0 Å². The molecule has 2 unspecified atom stereocenters. The summed E-state index contributed by atoms with van der Waals surface area (Å²) in [5.74, 6) is 0. The highest BCUT2D eigenvalue weighted by Gasteiger charge is 2.39. The fourth-order valence-corrected chi connectivity index (χ4v) is 2.35. The van der Waals surface area contributed by atoms with Crippen molar-refractivity contribution < 1.29 is 9.84 Å². The van der Waals surface area contributed by atoms with Gasteiger partial charge in [-0.2, -0.15) is 0 Å². The Balaban J connectivity index is 1.76. The molecule has 0 aliphatic carbocycles. The Kier molecular flexibility index (Phi) is 3.61. The van der Waals surface area contributed by atoms with Crippen molar-refractivity contribution in [2.75, 3.05) is 26.2 Å². The monoisotopic (exact) mass is 214 g/mol. The van der Waals surface area contributed by atoms with Gasteiger partial charge >= 0.3 is 0 Å². The summed E-state index contributed by atoms with van der Waals surface area (Å²) in [7, 11) is 0. The van der Waals surface area contributed by atoms with Gasteiger partial charge < -0.3 is 20.5 Å². The van der Waals surface area contributed by atoms with Crippen molar-refractivity contribution in [1.29, 1.82) is 0 Å². The Labute approximate surface area is 91.4 Å². The van der Waals surface area contributed by atoms with Gasteiger partial charge in [-0.25, -0.2) is 0 Å². The molecule has 0 saturated carbocycles. The molecule has 15 heavy (non-hydrogen) atoms. The summed E-state index contributed by atoms with van der Waals surface area (Å²) in [4.78, 5) is 0. The minimum atomic E-state index is -0.648. The average molecular weight is 214 g/mol. The molecule has 0 aromatic rings. The molecule has 0 spiro atoms. The van der Waals surface area contributed by atoms with E-state index in [-0.39, 0.29) is 6.10 Å². The van der Waals surface area contributed by atoms with Crippen molar-refractivity contribution in [2.24, 2.45) is 0 Å². The highest BCUT2D eigenvalue weighted by atomic mass is 16.5. The number of ether oxygens (including phenoxy) is 1. The van der Waals surface area contributed by atoms with Crippen LogP contribution in [-0.2, 0) is 4.74 Å². The van der Waals surface area contributed by atoms with Crippen LogP contribution in [0.25, 0.3) is 0 Å². The second-order valence-corrected chi connectivity index (χ2v) is 4.77. The molecule has 2 rings (SSSR count). The highest BCUT2D eigenvalue weighted by Crippen LogP contribution is 2.25. The molecule has 2 aliphatic rings. The molecule has 88 valence electrons. The number of hydrogen-bond acceptors (Lipinski definition) is 4. The Morgan fingerprint density at radius 1 is 1.47 bits per heavy atom. The molecule has 4 nitrogen and oxygen atoms in total. The van der Waals surface area contributed by atoms with Gasteiger partial charge in [-0.05, 0) is 32.9 Å². The molecule has 3 N–H and O–H groups in total. The first-order valence-corrected chi connectivity index (χ1v) is 5.99. The van der Waals surface area contributed by atoms with Gasteiger partial charge in [-0.1, -0.05) is 0 Å². The molecule has 2 fully saturated rings. The fraction of sp³-hybridized carbons (Fsp3) is 1.00. The minimum Gasteiger partial charge on any atom is -0.386 e. The van der Waals surface area contributed by atoms with Crippen LogP contribution in [0, 0.1) is 0 Å². The van der Waals surface area contributed by atoms with Crippen LogP contribution in [0.5, 0.6) is 0 Å². The smallest absolute Gasteiger partial charge is 0.105 e. The molecule has 2 atom stereocenters. The van der Waals surface area contributed by atoms with Gasteiger partial charge in [0.25, 0.3) is 0 Å². The minimum absolute atomic E-state index is 0.0354. The summed E-state index contributed by atoms with van der Waals surface area (Å²) in [6, 6.07) is 0.558. The maximum Gasteiger partial charge on any atom is 0.105 e. The first-order valence-electron chi connectivity index (χ1n) is 5.99. The van der Waals surface area contributed by atoms with Crippen molar-refractivity contribution in [1.82, 2.24) is 10.6 Å². The summed E-state index contributed by atoms with van der Waals surface area (Å²) in [6.45, 7) is 5.48. The normalized spacial score (nSPS) is 38.4. The lowest BCUT2D eigenvalue weighted by Gasteiger charge is -2.31. The molecule has 0 amide bonds. The van der Waals surface area contributed by atoms with Gasteiger partial charge in [0.15, 0.2) is 0 Å². The third-order valence-electron chi connectivity index (χ3n) is 3.70. The van der Waals surface area contributed by atoms with Gasteiger partial charge in [0, 0.05) is 25.6 Å². The lowest BCUT2D eigenvalue weighted by molar-refractivity contribution is -0.0281. The summed E-state index contributed by atoms with van der Waals surface area (Å²) in [5.41, 5.74) is -0.648. The van der Waals surface area contributed by atoms with Crippen LogP contribution in [0.2, 0.25) is 0 Å². The van der Waals surface area contributed by atoms with E-state index < -0.39 is 5.60 Å². The molecule has 0 aromatic heterocycles. The van der Waals surface area contributed by atoms with Crippen LogP contribution < -0.4 is 10.6 Å². The maximum absolute atomic E-state index is 10.3. The average Bonchev–Trinajstić information content (AvgIpc) is 2.59. The van der Waals surface area contributed by atoms with E-state index in [2.05, 4.69) is 10.6 Å². The van der Waals surface area contributed by atoms with E-state index in [1.165, 1.54) is 0 Å². The molecule has 2 heterocycles. The second kappa shape index (κ2) is 4.78.